The van der Waals surface area contributed by atoms with Gasteiger partial charge in [-0.2, -0.15) is 0 Å². The highest BCUT2D eigenvalue weighted by atomic mass is 16.3. The molecule has 8 heteroatoms. The second-order valence-corrected chi connectivity index (χ2v) is 7.34. The molecule has 1 aliphatic heterocycles. The van der Waals surface area contributed by atoms with Gasteiger partial charge in [-0.3, -0.25) is 9.59 Å². The van der Waals surface area contributed by atoms with E-state index in [0.29, 0.717) is 37.6 Å². The summed E-state index contributed by atoms with van der Waals surface area (Å²) in [6, 6.07) is 7.19. The van der Waals surface area contributed by atoms with Crippen LogP contribution in [0.3, 0.4) is 0 Å². The van der Waals surface area contributed by atoms with Crippen molar-refractivity contribution in [2.45, 2.75) is 38.1 Å². The highest BCUT2D eigenvalue weighted by Gasteiger charge is 2.25. The van der Waals surface area contributed by atoms with E-state index in [4.69, 9.17) is 4.42 Å². The molecule has 2 fully saturated rings. The van der Waals surface area contributed by atoms with Crippen molar-refractivity contribution in [2.24, 2.45) is 0 Å². The van der Waals surface area contributed by atoms with Crippen LogP contribution in [0.1, 0.15) is 53.1 Å². The second-order valence-electron chi connectivity index (χ2n) is 7.34. The molecule has 0 aromatic carbocycles. The molecule has 1 saturated carbocycles. The van der Waals surface area contributed by atoms with Gasteiger partial charge in [0.05, 0.1) is 6.26 Å². The summed E-state index contributed by atoms with van der Waals surface area (Å²) in [5.74, 6) is 0.839. The van der Waals surface area contributed by atoms with Gasteiger partial charge < -0.3 is 19.5 Å². The van der Waals surface area contributed by atoms with Gasteiger partial charge in [0.25, 0.3) is 11.8 Å². The second kappa shape index (κ2) is 8.41. The number of carbonyl (C=O) groups excluding carboxylic acids is 2. The summed E-state index contributed by atoms with van der Waals surface area (Å²) in [5, 5.41) is 11.4. The minimum absolute atomic E-state index is 0.0922. The number of hydrogen-bond acceptors (Lipinski definition) is 6. The summed E-state index contributed by atoms with van der Waals surface area (Å²) in [6.45, 7) is 2.50. The molecule has 8 nitrogen and oxygen atoms in total. The molecule has 1 aliphatic carbocycles. The Bertz CT molecular complexity index is 792. The molecular weight excluding hydrogens is 358 g/mol. The minimum atomic E-state index is -0.153. The van der Waals surface area contributed by atoms with Crippen LogP contribution in [0.4, 0.5) is 5.82 Å². The van der Waals surface area contributed by atoms with Crippen molar-refractivity contribution in [1.29, 1.82) is 0 Å². The first-order valence-corrected chi connectivity index (χ1v) is 9.93. The molecule has 148 valence electrons. The fourth-order valence-corrected chi connectivity index (χ4v) is 3.82. The van der Waals surface area contributed by atoms with Crippen molar-refractivity contribution >= 4 is 17.6 Å². The van der Waals surface area contributed by atoms with Crippen molar-refractivity contribution < 1.29 is 14.0 Å². The van der Waals surface area contributed by atoms with E-state index in [1.807, 2.05) is 6.07 Å². The SMILES string of the molecule is O=C(NC1CCCCC1)c1ccc(N2CCN(C(=O)c3ccco3)CC2)nn1. The van der Waals surface area contributed by atoms with Crippen LogP contribution in [0.15, 0.2) is 34.9 Å². The number of nitrogens with zero attached hydrogens (tertiary/aromatic N) is 4. The molecule has 2 amide bonds. The predicted molar refractivity (Wildman–Crippen MR) is 103 cm³/mol. The fraction of sp³-hybridized carbons (Fsp3) is 0.500. The van der Waals surface area contributed by atoms with Crippen molar-refractivity contribution in [3.8, 4) is 0 Å². The quantitative estimate of drug-likeness (QED) is 0.869. The Balaban J connectivity index is 1.31. The molecule has 0 radical (unpaired) electrons. The van der Waals surface area contributed by atoms with Gasteiger partial charge in [0.15, 0.2) is 17.3 Å². The summed E-state index contributed by atoms with van der Waals surface area (Å²) < 4.78 is 5.18. The lowest BCUT2D eigenvalue weighted by Gasteiger charge is -2.34. The van der Waals surface area contributed by atoms with Gasteiger partial charge in [0, 0.05) is 32.2 Å². The highest BCUT2D eigenvalue weighted by molar-refractivity contribution is 5.92. The molecule has 0 atom stereocenters. The lowest BCUT2D eigenvalue weighted by molar-refractivity contribution is 0.0714. The molecule has 0 spiro atoms. The molecule has 0 bridgehead atoms. The number of nitrogens with one attached hydrogen (secondary N) is 1. The van der Waals surface area contributed by atoms with Crippen LogP contribution in [0, 0.1) is 0 Å². The molecule has 0 unspecified atom stereocenters. The zero-order chi connectivity index (χ0) is 19.3. The van der Waals surface area contributed by atoms with Gasteiger partial charge in [-0.05, 0) is 37.1 Å². The Morgan fingerprint density at radius 1 is 1.00 bits per heavy atom. The van der Waals surface area contributed by atoms with Crippen molar-refractivity contribution in [2.75, 3.05) is 31.1 Å². The van der Waals surface area contributed by atoms with Crippen LogP contribution in [0.25, 0.3) is 0 Å². The third-order valence-corrected chi connectivity index (χ3v) is 5.45. The first-order chi connectivity index (χ1) is 13.7. The number of aromatic nitrogens is 2. The predicted octanol–water partition coefficient (Wildman–Crippen LogP) is 2.09. The number of furan rings is 1. The first-order valence-electron chi connectivity index (χ1n) is 9.93. The van der Waals surface area contributed by atoms with E-state index in [2.05, 4.69) is 20.4 Å². The number of anilines is 1. The molecule has 3 heterocycles. The molecule has 1 N–H and O–H groups in total. The minimum Gasteiger partial charge on any atom is -0.459 e. The molecular formula is C20H25N5O3. The standard InChI is InChI=1S/C20H25N5O3/c26-19(21-15-5-2-1-3-6-15)16-8-9-18(23-22-16)24-10-12-25(13-11-24)20(27)17-7-4-14-28-17/h4,7-9,14-15H,1-3,5-6,10-13H2,(H,21,26). The molecule has 2 aliphatic rings. The van der Waals surface area contributed by atoms with E-state index in [1.54, 1.807) is 23.1 Å². The number of carbonyl (C=O) groups is 2. The van der Waals surface area contributed by atoms with Crippen LogP contribution in [-0.2, 0) is 0 Å². The monoisotopic (exact) mass is 383 g/mol. The van der Waals surface area contributed by atoms with Crippen LogP contribution < -0.4 is 10.2 Å². The summed E-state index contributed by atoms with van der Waals surface area (Å²) in [5.41, 5.74) is 0.348. The van der Waals surface area contributed by atoms with Crippen molar-refractivity contribution in [3.63, 3.8) is 0 Å². The Kier molecular flexibility index (Phi) is 5.55. The lowest BCUT2D eigenvalue weighted by atomic mass is 9.95. The summed E-state index contributed by atoms with van der Waals surface area (Å²) in [6.07, 6.45) is 7.18. The molecule has 2 aromatic heterocycles. The van der Waals surface area contributed by atoms with E-state index in [0.717, 1.165) is 18.7 Å². The molecule has 28 heavy (non-hydrogen) atoms. The summed E-state index contributed by atoms with van der Waals surface area (Å²) in [4.78, 5) is 28.5. The normalized spacial score (nSPS) is 18.1. The summed E-state index contributed by atoms with van der Waals surface area (Å²) >= 11 is 0. The van der Waals surface area contributed by atoms with Gasteiger partial charge in [-0.25, -0.2) is 0 Å². The lowest BCUT2D eigenvalue weighted by Crippen LogP contribution is -2.49. The zero-order valence-corrected chi connectivity index (χ0v) is 15.8. The van der Waals surface area contributed by atoms with E-state index in [1.165, 1.54) is 25.5 Å². The summed E-state index contributed by atoms with van der Waals surface area (Å²) in [7, 11) is 0. The average molecular weight is 383 g/mol. The van der Waals surface area contributed by atoms with E-state index < -0.39 is 0 Å². The number of hydrogen-bond donors (Lipinski definition) is 1. The Labute approximate surface area is 163 Å². The molecule has 2 aromatic rings. The third-order valence-electron chi connectivity index (χ3n) is 5.45. The van der Waals surface area contributed by atoms with Gasteiger partial charge in [-0.1, -0.05) is 19.3 Å². The number of rotatable bonds is 4. The van der Waals surface area contributed by atoms with Crippen molar-refractivity contribution in [3.05, 3.63) is 42.0 Å². The topological polar surface area (TPSA) is 91.6 Å². The first kappa shape index (κ1) is 18.5. The number of amides is 2. The Hall–Kier alpha value is -2.90. The van der Waals surface area contributed by atoms with E-state index in [9.17, 15) is 9.59 Å². The van der Waals surface area contributed by atoms with Crippen molar-refractivity contribution in [1.82, 2.24) is 20.4 Å². The molecule has 1 saturated heterocycles. The van der Waals surface area contributed by atoms with Crippen LogP contribution in [0.2, 0.25) is 0 Å². The third kappa shape index (κ3) is 4.16. The zero-order valence-electron chi connectivity index (χ0n) is 15.8. The number of piperazine rings is 1. The Morgan fingerprint density at radius 2 is 1.79 bits per heavy atom. The van der Waals surface area contributed by atoms with Gasteiger partial charge in [0.2, 0.25) is 0 Å². The van der Waals surface area contributed by atoms with E-state index in [-0.39, 0.29) is 17.9 Å². The maximum absolute atomic E-state index is 12.4. The molecule has 4 rings (SSSR count). The van der Waals surface area contributed by atoms with E-state index >= 15 is 0 Å². The van der Waals surface area contributed by atoms with Gasteiger partial charge >= 0.3 is 0 Å². The fourth-order valence-electron chi connectivity index (χ4n) is 3.82. The largest absolute Gasteiger partial charge is 0.459 e. The van der Waals surface area contributed by atoms with Crippen LogP contribution >= 0.6 is 0 Å². The van der Waals surface area contributed by atoms with Crippen LogP contribution in [-0.4, -0.2) is 59.1 Å². The van der Waals surface area contributed by atoms with Gasteiger partial charge in [-0.15, -0.1) is 10.2 Å². The maximum Gasteiger partial charge on any atom is 0.289 e. The average Bonchev–Trinajstić information content (AvgIpc) is 3.29. The Morgan fingerprint density at radius 3 is 2.43 bits per heavy atom. The smallest absolute Gasteiger partial charge is 0.289 e. The van der Waals surface area contributed by atoms with Crippen LogP contribution in [0.5, 0.6) is 0 Å². The maximum atomic E-state index is 12.4. The van der Waals surface area contributed by atoms with Gasteiger partial charge in [0.1, 0.15) is 0 Å². The highest BCUT2D eigenvalue weighted by Crippen LogP contribution is 2.18.